The van der Waals surface area contributed by atoms with Crippen LogP contribution >= 0.6 is 0 Å². The van der Waals surface area contributed by atoms with Crippen molar-refractivity contribution in [3.05, 3.63) is 106 Å². The van der Waals surface area contributed by atoms with Gasteiger partial charge in [0.15, 0.2) is 0 Å². The van der Waals surface area contributed by atoms with Crippen molar-refractivity contribution in [2.45, 2.75) is 32.7 Å². The molecule has 0 saturated carbocycles. The number of aromatic amines is 1. The monoisotopic (exact) mass is 512 g/mol. The number of carboxylic acids is 1. The zero-order valence-electron chi connectivity index (χ0n) is 20.6. The van der Waals surface area contributed by atoms with Crippen LogP contribution < -0.4 is 5.69 Å². The molecule has 0 aliphatic rings. The van der Waals surface area contributed by atoms with Crippen LogP contribution in [-0.2, 0) is 13.0 Å². The predicted molar refractivity (Wildman–Crippen MR) is 140 cm³/mol. The van der Waals surface area contributed by atoms with E-state index in [4.69, 9.17) is 0 Å². The van der Waals surface area contributed by atoms with Crippen LogP contribution in [0.2, 0.25) is 0 Å². The maximum atomic E-state index is 14.8. The number of unbranched alkanes of at least 4 members (excludes halogenated alkanes) is 1. The first kappa shape index (κ1) is 24.8. The van der Waals surface area contributed by atoms with E-state index in [2.05, 4.69) is 20.6 Å². The lowest BCUT2D eigenvalue weighted by molar-refractivity contribution is 0.0696. The van der Waals surface area contributed by atoms with Crippen LogP contribution in [0.25, 0.3) is 28.2 Å². The number of hydrogen-bond acceptors (Lipinski definition) is 5. The highest BCUT2D eigenvalue weighted by atomic mass is 19.1. The van der Waals surface area contributed by atoms with E-state index in [0.29, 0.717) is 17.9 Å². The van der Waals surface area contributed by atoms with E-state index in [1.807, 2.05) is 55.5 Å². The summed E-state index contributed by atoms with van der Waals surface area (Å²) in [6, 6.07) is 19.3. The van der Waals surface area contributed by atoms with Gasteiger partial charge in [-0.1, -0.05) is 67.9 Å². The topological polar surface area (TPSA) is 119 Å². The first-order chi connectivity index (χ1) is 18.5. The Kier molecular flexibility index (Phi) is 6.94. The van der Waals surface area contributed by atoms with E-state index in [9.17, 15) is 19.1 Å². The minimum atomic E-state index is -1.30. The molecule has 2 N–H and O–H groups in total. The third-order valence-corrected chi connectivity index (χ3v) is 6.43. The number of benzene rings is 3. The molecule has 5 rings (SSSR count). The summed E-state index contributed by atoms with van der Waals surface area (Å²) < 4.78 is 17.5. The smallest absolute Gasteiger partial charge is 0.337 e. The first-order valence-corrected chi connectivity index (χ1v) is 12.2. The van der Waals surface area contributed by atoms with Crippen molar-refractivity contribution in [2.75, 3.05) is 0 Å². The van der Waals surface area contributed by atoms with Crippen molar-refractivity contribution in [2.24, 2.45) is 0 Å². The Morgan fingerprint density at radius 2 is 1.79 bits per heavy atom. The molecule has 0 fully saturated rings. The second-order valence-corrected chi connectivity index (χ2v) is 8.88. The average Bonchev–Trinajstić information content (AvgIpc) is 3.57. The van der Waals surface area contributed by atoms with Crippen molar-refractivity contribution in [1.29, 1.82) is 0 Å². The summed E-state index contributed by atoms with van der Waals surface area (Å²) in [6.45, 7) is 2.30. The Balaban J connectivity index is 1.51. The maximum absolute atomic E-state index is 14.8. The normalized spacial score (nSPS) is 11.1. The summed E-state index contributed by atoms with van der Waals surface area (Å²) >= 11 is 0. The number of carboxylic acid groups (broad SMARTS) is 1. The number of aryl methyl sites for hydroxylation is 1. The second-order valence-electron chi connectivity index (χ2n) is 8.88. The lowest BCUT2D eigenvalue weighted by atomic mass is 9.98. The maximum Gasteiger partial charge on any atom is 0.337 e. The van der Waals surface area contributed by atoms with Gasteiger partial charge < -0.3 is 5.11 Å². The molecular formula is C28H25FN6O3. The number of nitrogens with zero attached hydrogens (tertiary/aromatic N) is 5. The van der Waals surface area contributed by atoms with E-state index in [0.717, 1.165) is 45.7 Å². The number of rotatable bonds is 9. The minimum Gasteiger partial charge on any atom is -0.478 e. The van der Waals surface area contributed by atoms with Gasteiger partial charge in [-0.05, 0) is 46.9 Å². The Hall–Kier alpha value is -4.86. The molecule has 0 spiro atoms. The van der Waals surface area contributed by atoms with Crippen molar-refractivity contribution in [3.8, 4) is 28.2 Å². The lowest BCUT2D eigenvalue weighted by Gasteiger charge is -2.10. The van der Waals surface area contributed by atoms with Gasteiger partial charge in [-0.3, -0.25) is 9.13 Å². The number of aromatic carboxylic acids is 1. The average molecular weight is 513 g/mol. The minimum absolute atomic E-state index is 0.255. The van der Waals surface area contributed by atoms with Gasteiger partial charge in [0.2, 0.25) is 5.82 Å². The zero-order valence-corrected chi connectivity index (χ0v) is 20.6. The van der Waals surface area contributed by atoms with E-state index in [1.54, 1.807) is 10.8 Å². The number of para-hydroxylation sites is 1. The highest BCUT2D eigenvalue weighted by Gasteiger charge is 2.21. The van der Waals surface area contributed by atoms with Crippen LogP contribution in [0, 0.1) is 5.82 Å². The van der Waals surface area contributed by atoms with Crippen LogP contribution in [0.4, 0.5) is 4.39 Å². The second kappa shape index (κ2) is 10.6. The van der Waals surface area contributed by atoms with E-state index >= 15 is 0 Å². The van der Waals surface area contributed by atoms with Crippen LogP contribution in [0.15, 0.2) is 77.7 Å². The third-order valence-electron chi connectivity index (χ3n) is 6.43. The molecule has 2 heterocycles. The molecule has 0 amide bonds. The zero-order chi connectivity index (χ0) is 26.6. The summed E-state index contributed by atoms with van der Waals surface area (Å²) in [7, 11) is 0. The standard InChI is InChI=1S/C28H25FN6O3/c1-2-3-7-20-17-35(25-23(27(36)37)10-6-11-24(25)29)28(38)34(20)16-18-12-14-19(15-13-18)21-8-4-5-9-22(21)26-30-32-33-31-26/h4-6,8-15,17H,2-3,7,16H2,1H3,(H,36,37)(H,30,31,32,33). The van der Waals surface area contributed by atoms with Gasteiger partial charge in [-0.15, -0.1) is 10.2 Å². The molecule has 10 heteroatoms. The quantitative estimate of drug-likeness (QED) is 0.295. The molecule has 0 radical (unpaired) electrons. The number of halogens is 1. The van der Waals surface area contributed by atoms with Gasteiger partial charge in [-0.25, -0.2) is 14.0 Å². The number of nitrogens with one attached hydrogen (secondary N) is 1. The first-order valence-electron chi connectivity index (χ1n) is 12.2. The van der Waals surface area contributed by atoms with Gasteiger partial charge in [0.1, 0.15) is 11.5 Å². The molecule has 38 heavy (non-hydrogen) atoms. The summed E-state index contributed by atoms with van der Waals surface area (Å²) in [5.74, 6) is -1.58. The number of carbonyl (C=O) groups is 1. The van der Waals surface area contributed by atoms with Crippen LogP contribution in [0.5, 0.6) is 0 Å². The summed E-state index contributed by atoms with van der Waals surface area (Å²) in [4.78, 5) is 25.3. The highest BCUT2D eigenvalue weighted by molar-refractivity contribution is 5.92. The molecule has 192 valence electrons. The number of tetrazole rings is 1. The molecule has 5 aromatic rings. The van der Waals surface area contributed by atoms with Crippen molar-refractivity contribution in [1.82, 2.24) is 29.8 Å². The molecule has 0 aliphatic heterocycles. The largest absolute Gasteiger partial charge is 0.478 e. The molecule has 2 aromatic heterocycles. The molecule has 3 aromatic carbocycles. The Morgan fingerprint density at radius 3 is 2.47 bits per heavy atom. The fraction of sp³-hybridized carbons (Fsp3) is 0.179. The molecule has 9 nitrogen and oxygen atoms in total. The number of H-pyrrole nitrogens is 1. The van der Waals surface area contributed by atoms with Crippen molar-refractivity contribution < 1.29 is 14.3 Å². The Morgan fingerprint density at radius 1 is 1.03 bits per heavy atom. The van der Waals surface area contributed by atoms with Gasteiger partial charge in [0, 0.05) is 17.5 Å². The molecular weight excluding hydrogens is 487 g/mol. The van der Waals surface area contributed by atoms with Gasteiger partial charge in [-0.2, -0.15) is 5.21 Å². The number of hydrogen-bond donors (Lipinski definition) is 2. The van der Waals surface area contributed by atoms with Crippen LogP contribution in [-0.4, -0.2) is 40.8 Å². The van der Waals surface area contributed by atoms with E-state index in [-0.39, 0.29) is 17.8 Å². The molecule has 0 saturated heterocycles. The van der Waals surface area contributed by atoms with Gasteiger partial charge in [0.05, 0.1) is 12.1 Å². The summed E-state index contributed by atoms with van der Waals surface area (Å²) in [6.07, 6.45) is 3.90. The molecule has 0 atom stereocenters. The van der Waals surface area contributed by atoms with Crippen molar-refractivity contribution in [3.63, 3.8) is 0 Å². The van der Waals surface area contributed by atoms with Gasteiger partial charge in [0.25, 0.3) is 0 Å². The van der Waals surface area contributed by atoms with E-state index < -0.39 is 17.5 Å². The summed E-state index contributed by atoms with van der Waals surface area (Å²) in [5.41, 5.74) is 3.29. The molecule has 0 aliphatic carbocycles. The molecule has 0 bridgehead atoms. The highest BCUT2D eigenvalue weighted by Crippen LogP contribution is 2.30. The van der Waals surface area contributed by atoms with Crippen LogP contribution in [0.3, 0.4) is 0 Å². The SMILES string of the molecule is CCCCc1cn(-c2c(F)cccc2C(=O)O)c(=O)n1Cc1ccc(-c2ccccc2-c2nn[nH]n2)cc1. The van der Waals surface area contributed by atoms with Crippen molar-refractivity contribution >= 4 is 5.97 Å². The Bertz CT molecular complexity index is 1640. The Labute approximate surface area is 217 Å². The van der Waals surface area contributed by atoms with Crippen LogP contribution in [0.1, 0.15) is 41.4 Å². The van der Waals surface area contributed by atoms with Gasteiger partial charge >= 0.3 is 11.7 Å². The number of aromatic nitrogens is 6. The van der Waals surface area contributed by atoms with E-state index in [1.165, 1.54) is 12.1 Å². The third kappa shape index (κ3) is 4.75. The fourth-order valence-corrected chi connectivity index (χ4v) is 4.52. The molecule has 0 unspecified atom stereocenters. The predicted octanol–water partition coefficient (Wildman–Crippen LogP) is 4.71. The fourth-order valence-electron chi connectivity index (χ4n) is 4.52. The number of imidazole rings is 1. The summed E-state index contributed by atoms with van der Waals surface area (Å²) in [5, 5.41) is 23.9. The lowest BCUT2D eigenvalue weighted by Crippen LogP contribution is -2.26.